The smallest absolute Gasteiger partial charge is 0.325 e. The van der Waals surface area contributed by atoms with Crippen LogP contribution in [0.1, 0.15) is 17.2 Å². The highest BCUT2D eigenvalue weighted by Gasteiger charge is 2.25. The molecule has 132 valence electrons. The Balaban J connectivity index is 1.81. The second kappa shape index (κ2) is 7.44. The van der Waals surface area contributed by atoms with Crippen LogP contribution >= 0.6 is 0 Å². The topological polar surface area (TPSA) is 68.2 Å². The van der Waals surface area contributed by atoms with Crippen molar-refractivity contribution in [1.82, 2.24) is 4.90 Å². The van der Waals surface area contributed by atoms with E-state index in [1.54, 1.807) is 43.3 Å². The molecular formula is C19H21NO5. The highest BCUT2D eigenvalue weighted by Crippen LogP contribution is 2.32. The molecule has 0 spiro atoms. The van der Waals surface area contributed by atoms with Gasteiger partial charge in [-0.1, -0.05) is 18.2 Å². The van der Waals surface area contributed by atoms with Crippen LogP contribution in [-0.4, -0.2) is 43.3 Å². The Morgan fingerprint density at radius 1 is 1.20 bits per heavy atom. The second-order valence-corrected chi connectivity index (χ2v) is 5.91. The molecule has 6 nitrogen and oxygen atoms in total. The number of likely N-dealkylation sites (N-methyl/N-ethyl adjacent to an activating group) is 1. The number of rotatable bonds is 6. The Labute approximate surface area is 146 Å². The fourth-order valence-corrected chi connectivity index (χ4v) is 2.96. The minimum Gasteiger partial charge on any atom is -0.497 e. The van der Waals surface area contributed by atoms with Gasteiger partial charge in [0.1, 0.15) is 25.0 Å². The average molecular weight is 343 g/mol. The van der Waals surface area contributed by atoms with Crippen LogP contribution in [0.5, 0.6) is 17.2 Å². The van der Waals surface area contributed by atoms with Crippen molar-refractivity contribution in [1.29, 1.82) is 0 Å². The molecule has 1 unspecified atom stereocenters. The molecule has 0 saturated carbocycles. The number of methoxy groups -OCH3 is 1. The van der Waals surface area contributed by atoms with E-state index in [1.165, 1.54) is 0 Å². The van der Waals surface area contributed by atoms with E-state index in [0.29, 0.717) is 36.8 Å². The van der Waals surface area contributed by atoms with Crippen molar-refractivity contribution < 1.29 is 24.1 Å². The number of benzene rings is 2. The van der Waals surface area contributed by atoms with Gasteiger partial charge >= 0.3 is 5.97 Å². The van der Waals surface area contributed by atoms with Crippen molar-refractivity contribution in [2.24, 2.45) is 0 Å². The number of aliphatic carboxylic acids is 1. The van der Waals surface area contributed by atoms with Crippen LogP contribution in [0.4, 0.5) is 0 Å². The summed E-state index contributed by atoms with van der Waals surface area (Å²) in [7, 11) is 3.35. The molecule has 1 atom stereocenters. The fourth-order valence-electron chi connectivity index (χ4n) is 2.96. The van der Waals surface area contributed by atoms with Crippen LogP contribution in [0.3, 0.4) is 0 Å². The van der Waals surface area contributed by atoms with E-state index < -0.39 is 12.0 Å². The minimum atomic E-state index is -0.909. The number of carboxylic acid groups (broad SMARTS) is 1. The first-order chi connectivity index (χ1) is 12.1. The molecule has 3 rings (SSSR count). The summed E-state index contributed by atoms with van der Waals surface area (Å²) in [6.07, 6.45) is 0. The molecule has 0 aliphatic carbocycles. The maximum Gasteiger partial charge on any atom is 0.325 e. The summed E-state index contributed by atoms with van der Waals surface area (Å²) < 4.78 is 16.3. The van der Waals surface area contributed by atoms with E-state index in [1.807, 2.05) is 18.2 Å². The number of ether oxygens (including phenoxy) is 3. The first-order valence-corrected chi connectivity index (χ1v) is 8.04. The molecule has 0 radical (unpaired) electrons. The van der Waals surface area contributed by atoms with Crippen LogP contribution in [0.2, 0.25) is 0 Å². The maximum atomic E-state index is 11.8. The van der Waals surface area contributed by atoms with Gasteiger partial charge in [-0.3, -0.25) is 9.69 Å². The molecular weight excluding hydrogens is 322 g/mol. The summed E-state index contributed by atoms with van der Waals surface area (Å²) in [5.74, 6) is 1.15. The molecule has 1 aliphatic heterocycles. The highest BCUT2D eigenvalue weighted by atomic mass is 16.6. The van der Waals surface area contributed by atoms with Crippen molar-refractivity contribution in [3.63, 3.8) is 0 Å². The molecule has 6 heteroatoms. The van der Waals surface area contributed by atoms with Crippen LogP contribution in [0, 0.1) is 0 Å². The SMILES string of the molecule is COc1cccc(C(C(=O)O)N(C)Cc2ccc3c(c2)OCCO3)c1. The summed E-state index contributed by atoms with van der Waals surface area (Å²) in [4.78, 5) is 13.6. The number of carbonyl (C=O) groups is 1. The summed E-state index contributed by atoms with van der Waals surface area (Å²) in [5, 5.41) is 9.70. The third-order valence-corrected chi connectivity index (χ3v) is 4.12. The lowest BCUT2D eigenvalue weighted by molar-refractivity contribution is -0.143. The van der Waals surface area contributed by atoms with Gasteiger partial charge < -0.3 is 19.3 Å². The first kappa shape index (κ1) is 17.1. The molecule has 0 aromatic heterocycles. The van der Waals surface area contributed by atoms with E-state index in [-0.39, 0.29) is 0 Å². The maximum absolute atomic E-state index is 11.8. The zero-order valence-electron chi connectivity index (χ0n) is 14.3. The van der Waals surface area contributed by atoms with Gasteiger partial charge in [0, 0.05) is 6.54 Å². The van der Waals surface area contributed by atoms with E-state index in [0.717, 1.165) is 11.3 Å². The van der Waals surface area contributed by atoms with E-state index in [2.05, 4.69) is 0 Å². The van der Waals surface area contributed by atoms with E-state index >= 15 is 0 Å². The standard InChI is InChI=1S/C19H21NO5/c1-20(12-13-6-7-16-17(10-13)25-9-8-24-16)18(19(21)22)14-4-3-5-15(11-14)23-2/h3-7,10-11,18H,8-9,12H2,1-2H3,(H,21,22). The molecule has 2 aromatic carbocycles. The number of hydrogen-bond acceptors (Lipinski definition) is 5. The molecule has 0 fully saturated rings. The molecule has 2 aromatic rings. The van der Waals surface area contributed by atoms with Crippen molar-refractivity contribution >= 4 is 5.97 Å². The van der Waals surface area contributed by atoms with Gasteiger partial charge in [0.2, 0.25) is 0 Å². The lowest BCUT2D eigenvalue weighted by atomic mass is 10.0. The molecule has 1 heterocycles. The van der Waals surface area contributed by atoms with Gasteiger partial charge in [-0.25, -0.2) is 0 Å². The van der Waals surface area contributed by atoms with Crippen LogP contribution in [0.25, 0.3) is 0 Å². The van der Waals surface area contributed by atoms with Gasteiger partial charge in [0.05, 0.1) is 7.11 Å². The van der Waals surface area contributed by atoms with Gasteiger partial charge in [0.25, 0.3) is 0 Å². The number of hydrogen-bond donors (Lipinski definition) is 1. The van der Waals surface area contributed by atoms with E-state index in [4.69, 9.17) is 14.2 Å². The normalized spacial score (nSPS) is 14.2. The Kier molecular flexibility index (Phi) is 5.09. The Morgan fingerprint density at radius 3 is 2.68 bits per heavy atom. The van der Waals surface area contributed by atoms with Crippen molar-refractivity contribution in [3.05, 3.63) is 53.6 Å². The Morgan fingerprint density at radius 2 is 1.96 bits per heavy atom. The predicted molar refractivity (Wildman–Crippen MR) is 92.3 cm³/mol. The fraction of sp³-hybridized carbons (Fsp3) is 0.316. The summed E-state index contributed by atoms with van der Waals surface area (Å²) in [6, 6.07) is 12.0. The third kappa shape index (κ3) is 3.85. The summed E-state index contributed by atoms with van der Waals surface area (Å²) in [5.41, 5.74) is 1.63. The zero-order chi connectivity index (χ0) is 17.8. The molecule has 25 heavy (non-hydrogen) atoms. The number of fused-ring (bicyclic) bond motifs is 1. The molecule has 1 aliphatic rings. The van der Waals surface area contributed by atoms with Crippen molar-refractivity contribution in [2.75, 3.05) is 27.4 Å². The van der Waals surface area contributed by atoms with Gasteiger partial charge in [-0.15, -0.1) is 0 Å². The van der Waals surface area contributed by atoms with Crippen LogP contribution in [-0.2, 0) is 11.3 Å². The second-order valence-electron chi connectivity index (χ2n) is 5.91. The molecule has 0 amide bonds. The monoisotopic (exact) mass is 343 g/mol. The number of nitrogens with zero attached hydrogens (tertiary/aromatic N) is 1. The summed E-state index contributed by atoms with van der Waals surface area (Å²) >= 11 is 0. The Hall–Kier alpha value is -2.73. The van der Waals surface area contributed by atoms with Gasteiger partial charge in [-0.2, -0.15) is 0 Å². The summed E-state index contributed by atoms with van der Waals surface area (Å²) in [6.45, 7) is 1.53. The van der Waals surface area contributed by atoms with E-state index in [9.17, 15) is 9.90 Å². The van der Waals surface area contributed by atoms with Gasteiger partial charge in [0.15, 0.2) is 11.5 Å². The molecule has 0 bridgehead atoms. The lowest BCUT2D eigenvalue weighted by Crippen LogP contribution is -2.30. The van der Waals surface area contributed by atoms with Crippen LogP contribution < -0.4 is 14.2 Å². The van der Waals surface area contributed by atoms with Crippen LogP contribution in [0.15, 0.2) is 42.5 Å². The largest absolute Gasteiger partial charge is 0.497 e. The third-order valence-electron chi connectivity index (χ3n) is 4.12. The highest BCUT2D eigenvalue weighted by molar-refractivity contribution is 5.75. The average Bonchev–Trinajstić information content (AvgIpc) is 2.61. The zero-order valence-corrected chi connectivity index (χ0v) is 14.3. The Bertz CT molecular complexity index is 761. The molecule has 1 N–H and O–H groups in total. The van der Waals surface area contributed by atoms with Crippen molar-refractivity contribution in [3.8, 4) is 17.2 Å². The molecule has 0 saturated heterocycles. The predicted octanol–water partition coefficient (Wildman–Crippen LogP) is 2.72. The van der Waals surface area contributed by atoms with Crippen molar-refractivity contribution in [2.45, 2.75) is 12.6 Å². The lowest BCUT2D eigenvalue weighted by Gasteiger charge is -2.26. The first-order valence-electron chi connectivity index (χ1n) is 8.04. The van der Waals surface area contributed by atoms with Gasteiger partial charge in [-0.05, 0) is 42.4 Å². The number of carboxylic acids is 1. The minimum absolute atomic E-state index is 0.463. The quantitative estimate of drug-likeness (QED) is 0.870.